The first kappa shape index (κ1) is 16.3. The summed E-state index contributed by atoms with van der Waals surface area (Å²) in [6.45, 7) is 3.00. The molecule has 0 spiro atoms. The molecular weight excluding hydrogens is 342 g/mol. The number of nitrogens with one attached hydrogen (secondary N) is 1. The minimum atomic E-state index is 0.228. The molecule has 22 heavy (non-hydrogen) atoms. The Morgan fingerprint density at radius 2 is 2.00 bits per heavy atom. The smallest absolute Gasteiger partial charge is 0.162 e. The molecule has 2 aromatic rings. The van der Waals surface area contributed by atoms with Gasteiger partial charge in [-0.05, 0) is 48.4 Å². The molecule has 0 aliphatic carbocycles. The Hall–Kier alpha value is -2.12. The number of methoxy groups -OCH3 is 1. The maximum absolute atomic E-state index is 5.44. The molecule has 3 nitrogen and oxygen atoms in total. The van der Waals surface area contributed by atoms with E-state index in [2.05, 4.69) is 46.2 Å². The number of aryl methyl sites for hydroxylation is 1. The van der Waals surface area contributed by atoms with Crippen LogP contribution in [0.3, 0.4) is 0 Å². The van der Waals surface area contributed by atoms with Crippen LogP contribution in [0.1, 0.15) is 11.1 Å². The minimum Gasteiger partial charge on any atom is -0.493 e. The van der Waals surface area contributed by atoms with Gasteiger partial charge in [-0.25, -0.2) is 0 Å². The summed E-state index contributed by atoms with van der Waals surface area (Å²) in [4.78, 5) is 0. The maximum atomic E-state index is 5.44. The lowest BCUT2D eigenvalue weighted by Crippen LogP contribution is -2.02. The van der Waals surface area contributed by atoms with Crippen molar-refractivity contribution in [3.8, 4) is 23.8 Å². The highest BCUT2D eigenvalue weighted by Gasteiger charge is 2.06. The molecule has 2 rings (SSSR count). The minimum absolute atomic E-state index is 0.228. The fraction of sp³-hybridized carbons (Fsp3) is 0.222. The normalized spacial score (nSPS) is 9.91. The van der Waals surface area contributed by atoms with Gasteiger partial charge in [-0.1, -0.05) is 27.9 Å². The number of benzene rings is 2. The van der Waals surface area contributed by atoms with Crippen molar-refractivity contribution >= 4 is 21.6 Å². The molecule has 0 saturated carbocycles. The number of hydrogen-bond acceptors (Lipinski definition) is 3. The molecular formula is C18H18BrNO2. The molecule has 0 heterocycles. The molecule has 0 radical (unpaired) electrons. The second-order valence-corrected chi connectivity index (χ2v) is 5.71. The average molecular weight is 360 g/mol. The summed E-state index contributed by atoms with van der Waals surface area (Å²) in [6.07, 6.45) is 5.21. The van der Waals surface area contributed by atoms with E-state index in [1.807, 2.05) is 24.3 Å². The number of anilines is 1. The predicted molar refractivity (Wildman–Crippen MR) is 93.5 cm³/mol. The second kappa shape index (κ2) is 7.77. The van der Waals surface area contributed by atoms with Gasteiger partial charge in [-0.3, -0.25) is 0 Å². The largest absolute Gasteiger partial charge is 0.493 e. The molecule has 4 heteroatoms. The van der Waals surface area contributed by atoms with Crippen molar-refractivity contribution < 1.29 is 9.47 Å². The fourth-order valence-electron chi connectivity index (χ4n) is 2.08. The Labute approximate surface area is 139 Å². The van der Waals surface area contributed by atoms with Crippen LogP contribution in [0.15, 0.2) is 40.9 Å². The molecule has 0 amide bonds. The first-order valence-corrected chi connectivity index (χ1v) is 7.66. The number of rotatable bonds is 6. The summed E-state index contributed by atoms with van der Waals surface area (Å²) in [7, 11) is 1.62. The van der Waals surface area contributed by atoms with Crippen molar-refractivity contribution in [2.45, 2.75) is 13.5 Å². The molecule has 0 aliphatic heterocycles. The summed E-state index contributed by atoms with van der Waals surface area (Å²) < 4.78 is 11.9. The van der Waals surface area contributed by atoms with Gasteiger partial charge in [0.05, 0.1) is 7.11 Å². The van der Waals surface area contributed by atoms with Crippen LogP contribution in [-0.2, 0) is 6.54 Å². The molecule has 0 fully saturated rings. The van der Waals surface area contributed by atoms with Crippen molar-refractivity contribution in [2.75, 3.05) is 19.0 Å². The number of terminal acetylenes is 1. The van der Waals surface area contributed by atoms with Crippen molar-refractivity contribution in [2.24, 2.45) is 0 Å². The SMILES string of the molecule is C#CCOc1ccc(CNc2ccc(Br)cc2C)cc1OC. The molecule has 0 unspecified atom stereocenters. The number of hydrogen-bond donors (Lipinski definition) is 1. The van der Waals surface area contributed by atoms with E-state index in [4.69, 9.17) is 15.9 Å². The van der Waals surface area contributed by atoms with Crippen LogP contribution in [-0.4, -0.2) is 13.7 Å². The zero-order valence-corrected chi connectivity index (χ0v) is 14.2. The van der Waals surface area contributed by atoms with Crippen LogP contribution in [0.4, 0.5) is 5.69 Å². The van der Waals surface area contributed by atoms with E-state index >= 15 is 0 Å². The molecule has 0 atom stereocenters. The van der Waals surface area contributed by atoms with E-state index < -0.39 is 0 Å². The quantitative estimate of drug-likeness (QED) is 0.775. The third-order valence-corrected chi connectivity index (χ3v) is 3.70. The summed E-state index contributed by atoms with van der Waals surface area (Å²) in [5.41, 5.74) is 3.40. The van der Waals surface area contributed by atoms with E-state index in [9.17, 15) is 0 Å². The van der Waals surface area contributed by atoms with Crippen LogP contribution in [0.2, 0.25) is 0 Å². The van der Waals surface area contributed by atoms with Crippen LogP contribution in [0.25, 0.3) is 0 Å². The van der Waals surface area contributed by atoms with Gasteiger partial charge in [0.25, 0.3) is 0 Å². The lowest BCUT2D eigenvalue weighted by Gasteiger charge is -2.13. The highest BCUT2D eigenvalue weighted by atomic mass is 79.9. The zero-order chi connectivity index (χ0) is 15.9. The van der Waals surface area contributed by atoms with Crippen LogP contribution < -0.4 is 14.8 Å². The zero-order valence-electron chi connectivity index (χ0n) is 12.7. The van der Waals surface area contributed by atoms with Gasteiger partial charge in [-0.2, -0.15) is 0 Å². The lowest BCUT2D eigenvalue weighted by atomic mass is 10.1. The van der Waals surface area contributed by atoms with E-state index in [1.165, 1.54) is 5.56 Å². The first-order valence-electron chi connectivity index (χ1n) is 6.87. The second-order valence-electron chi connectivity index (χ2n) is 4.79. The van der Waals surface area contributed by atoms with Gasteiger partial charge >= 0.3 is 0 Å². The highest BCUT2D eigenvalue weighted by molar-refractivity contribution is 9.10. The van der Waals surface area contributed by atoms with E-state index in [-0.39, 0.29) is 6.61 Å². The van der Waals surface area contributed by atoms with Crippen molar-refractivity contribution in [1.29, 1.82) is 0 Å². The Morgan fingerprint density at radius 1 is 1.18 bits per heavy atom. The fourth-order valence-corrected chi connectivity index (χ4v) is 2.56. The predicted octanol–water partition coefficient (Wildman–Crippen LogP) is 4.39. The van der Waals surface area contributed by atoms with Crippen molar-refractivity contribution in [1.82, 2.24) is 0 Å². The summed E-state index contributed by atoms with van der Waals surface area (Å²) >= 11 is 3.47. The Kier molecular flexibility index (Phi) is 5.74. The standard InChI is InChI=1S/C18H18BrNO2/c1-4-9-22-17-8-5-14(11-18(17)21-3)12-20-16-7-6-15(19)10-13(16)2/h1,5-8,10-11,20H,9,12H2,2-3H3. The van der Waals surface area contributed by atoms with Gasteiger partial charge in [-0.15, -0.1) is 6.42 Å². The summed E-state index contributed by atoms with van der Waals surface area (Å²) in [5.74, 6) is 3.78. The third kappa shape index (κ3) is 4.19. The van der Waals surface area contributed by atoms with E-state index in [1.54, 1.807) is 7.11 Å². The molecule has 2 aromatic carbocycles. The van der Waals surface area contributed by atoms with Gasteiger partial charge in [0.15, 0.2) is 11.5 Å². The number of ether oxygens (including phenoxy) is 2. The highest BCUT2D eigenvalue weighted by Crippen LogP contribution is 2.28. The molecule has 0 saturated heterocycles. The average Bonchev–Trinajstić information content (AvgIpc) is 2.52. The Bertz CT molecular complexity index is 692. The molecule has 1 N–H and O–H groups in total. The maximum Gasteiger partial charge on any atom is 0.162 e. The van der Waals surface area contributed by atoms with Crippen LogP contribution in [0.5, 0.6) is 11.5 Å². The van der Waals surface area contributed by atoms with Gasteiger partial charge in [0, 0.05) is 16.7 Å². The monoisotopic (exact) mass is 359 g/mol. The topological polar surface area (TPSA) is 30.5 Å². The summed E-state index contributed by atoms with van der Waals surface area (Å²) in [5, 5.41) is 3.42. The van der Waals surface area contributed by atoms with Crippen LogP contribution >= 0.6 is 15.9 Å². The molecule has 0 aromatic heterocycles. The van der Waals surface area contributed by atoms with Gasteiger partial charge in [0.1, 0.15) is 6.61 Å². The third-order valence-electron chi connectivity index (χ3n) is 3.21. The molecule has 0 aliphatic rings. The molecule has 114 valence electrons. The van der Waals surface area contributed by atoms with Crippen LogP contribution in [0, 0.1) is 19.3 Å². The first-order chi connectivity index (χ1) is 10.6. The Balaban J connectivity index is 2.08. The van der Waals surface area contributed by atoms with Gasteiger partial charge in [0.2, 0.25) is 0 Å². The van der Waals surface area contributed by atoms with Gasteiger partial charge < -0.3 is 14.8 Å². The van der Waals surface area contributed by atoms with E-state index in [0.717, 1.165) is 15.7 Å². The van der Waals surface area contributed by atoms with Crippen molar-refractivity contribution in [3.05, 3.63) is 52.0 Å². The Morgan fingerprint density at radius 3 is 2.68 bits per heavy atom. The molecule has 0 bridgehead atoms. The number of halogens is 1. The summed E-state index contributed by atoms with van der Waals surface area (Å²) in [6, 6.07) is 12.0. The lowest BCUT2D eigenvalue weighted by molar-refractivity contribution is 0.330. The van der Waals surface area contributed by atoms with Crippen molar-refractivity contribution in [3.63, 3.8) is 0 Å². The van der Waals surface area contributed by atoms with E-state index in [0.29, 0.717) is 18.0 Å².